The van der Waals surface area contributed by atoms with Gasteiger partial charge in [0.1, 0.15) is 6.10 Å². The van der Waals surface area contributed by atoms with Crippen molar-refractivity contribution in [3.05, 3.63) is 47.5 Å². The van der Waals surface area contributed by atoms with Crippen molar-refractivity contribution in [2.24, 2.45) is 46.3 Å². The molecule has 0 radical (unpaired) electrons. The molecule has 1 aromatic rings. The zero-order chi connectivity index (χ0) is 25.5. The molecule has 0 heterocycles. The Balaban J connectivity index is 1.25. The van der Waals surface area contributed by atoms with E-state index in [-0.39, 0.29) is 12.1 Å². The quantitative estimate of drug-likeness (QED) is 0.281. The fourth-order valence-electron chi connectivity index (χ4n) is 9.55. The van der Waals surface area contributed by atoms with Crippen LogP contribution in [0.25, 0.3) is 0 Å². The molecule has 0 N–H and O–H groups in total. The smallest absolute Gasteiger partial charge is 0.338 e. The minimum Gasteiger partial charge on any atom is -0.458 e. The van der Waals surface area contributed by atoms with Gasteiger partial charge in [-0.1, -0.05) is 83.7 Å². The van der Waals surface area contributed by atoms with Crippen LogP contribution in [0, 0.1) is 46.3 Å². The molecule has 5 rings (SSSR count). The van der Waals surface area contributed by atoms with Crippen LogP contribution in [0.1, 0.15) is 116 Å². The van der Waals surface area contributed by atoms with Crippen molar-refractivity contribution in [2.45, 2.75) is 111 Å². The summed E-state index contributed by atoms with van der Waals surface area (Å²) in [4.78, 5) is 12.7. The van der Waals surface area contributed by atoms with E-state index in [1.807, 2.05) is 30.3 Å². The Morgan fingerprint density at radius 2 is 1.75 bits per heavy atom. The molecule has 2 heteroatoms. The second kappa shape index (κ2) is 10.3. The molecule has 1 aromatic carbocycles. The highest BCUT2D eigenvalue weighted by Gasteiger charge is 2.59. The van der Waals surface area contributed by atoms with Crippen LogP contribution in [-0.4, -0.2) is 12.1 Å². The lowest BCUT2D eigenvalue weighted by Gasteiger charge is -2.58. The summed E-state index contributed by atoms with van der Waals surface area (Å²) >= 11 is 0. The van der Waals surface area contributed by atoms with Crippen LogP contribution in [0.4, 0.5) is 0 Å². The van der Waals surface area contributed by atoms with Crippen LogP contribution in [-0.2, 0) is 4.74 Å². The van der Waals surface area contributed by atoms with Gasteiger partial charge >= 0.3 is 5.97 Å². The maximum atomic E-state index is 12.7. The van der Waals surface area contributed by atoms with E-state index < -0.39 is 0 Å². The van der Waals surface area contributed by atoms with Crippen LogP contribution in [0.3, 0.4) is 0 Å². The molecule has 0 saturated heterocycles. The van der Waals surface area contributed by atoms with Gasteiger partial charge in [-0.25, -0.2) is 4.79 Å². The summed E-state index contributed by atoms with van der Waals surface area (Å²) in [5.41, 5.74) is 3.12. The van der Waals surface area contributed by atoms with E-state index in [0.29, 0.717) is 16.4 Å². The second-order valence-corrected chi connectivity index (χ2v) is 13.9. The summed E-state index contributed by atoms with van der Waals surface area (Å²) in [6.07, 6.45) is 17.0. The summed E-state index contributed by atoms with van der Waals surface area (Å²) < 4.78 is 6.00. The number of benzene rings is 1. The lowest BCUT2D eigenvalue weighted by atomic mass is 9.47. The molecule has 4 aliphatic rings. The number of allylic oxidation sites excluding steroid dienone is 1. The summed E-state index contributed by atoms with van der Waals surface area (Å²) in [6, 6.07) is 9.49. The number of hydrogen-bond acceptors (Lipinski definition) is 2. The normalized spacial score (nSPS) is 38.5. The predicted molar refractivity (Wildman–Crippen MR) is 149 cm³/mol. The van der Waals surface area contributed by atoms with E-state index in [4.69, 9.17) is 4.74 Å². The Hall–Kier alpha value is -1.57. The minimum atomic E-state index is -0.161. The Morgan fingerprint density at radius 1 is 0.972 bits per heavy atom. The lowest BCUT2D eigenvalue weighted by molar-refractivity contribution is -0.0594. The van der Waals surface area contributed by atoms with E-state index in [1.165, 1.54) is 57.8 Å². The first-order valence-electron chi connectivity index (χ1n) is 15.2. The monoisotopic (exact) mass is 490 g/mol. The third kappa shape index (κ3) is 4.71. The van der Waals surface area contributed by atoms with Crippen molar-refractivity contribution >= 4 is 5.97 Å². The van der Waals surface area contributed by atoms with Gasteiger partial charge in [0.05, 0.1) is 5.56 Å². The third-order valence-electron chi connectivity index (χ3n) is 11.5. The molecular formula is C34H50O2. The van der Waals surface area contributed by atoms with E-state index in [2.05, 4.69) is 40.7 Å². The molecule has 0 aliphatic heterocycles. The van der Waals surface area contributed by atoms with E-state index in [1.54, 1.807) is 5.57 Å². The Bertz CT molecular complexity index is 947. The van der Waals surface area contributed by atoms with Crippen LogP contribution < -0.4 is 0 Å². The zero-order valence-corrected chi connectivity index (χ0v) is 23.6. The number of fused-ring (bicyclic) bond motifs is 5. The number of carbonyl (C=O) groups excluding carboxylic acids is 1. The van der Waals surface area contributed by atoms with Crippen LogP contribution >= 0.6 is 0 Å². The standard InChI is InChI=1S/C34H50O2/c1-23(2)10-9-11-24(3)29-16-17-30-28-15-14-26-22-27(36-32(35)25-12-7-6-8-13-25)18-20-33(26,4)31(28)19-21-34(29,30)5/h6-8,12-14,23-24,27-31H,9-11,15-22H2,1-5H3/t24-,27+,28?,29-,30?,31?,33+,34-/m1/s1. The Kier molecular flexibility index (Phi) is 7.45. The summed E-state index contributed by atoms with van der Waals surface area (Å²) in [7, 11) is 0. The summed E-state index contributed by atoms with van der Waals surface area (Å²) in [6.45, 7) is 12.6. The number of esters is 1. The predicted octanol–water partition coefficient (Wildman–Crippen LogP) is 9.25. The van der Waals surface area contributed by atoms with Crippen molar-refractivity contribution in [3.63, 3.8) is 0 Å². The van der Waals surface area contributed by atoms with E-state index in [0.717, 1.165) is 48.3 Å². The van der Waals surface area contributed by atoms with Gasteiger partial charge in [-0.3, -0.25) is 0 Å². The first kappa shape index (κ1) is 26.1. The van der Waals surface area contributed by atoms with Gasteiger partial charge in [0, 0.05) is 6.42 Å². The molecular weight excluding hydrogens is 440 g/mol. The molecule has 0 spiro atoms. The fourth-order valence-corrected chi connectivity index (χ4v) is 9.55. The molecule has 36 heavy (non-hydrogen) atoms. The number of carbonyl (C=O) groups is 1. The van der Waals surface area contributed by atoms with Crippen molar-refractivity contribution in [2.75, 3.05) is 0 Å². The average Bonchev–Trinajstić information content (AvgIpc) is 3.22. The highest BCUT2D eigenvalue weighted by molar-refractivity contribution is 5.89. The number of ether oxygens (including phenoxy) is 1. The van der Waals surface area contributed by atoms with Gasteiger partial charge < -0.3 is 4.74 Å². The van der Waals surface area contributed by atoms with Gasteiger partial charge in [-0.15, -0.1) is 0 Å². The van der Waals surface area contributed by atoms with E-state index >= 15 is 0 Å². The molecule has 198 valence electrons. The van der Waals surface area contributed by atoms with Gasteiger partial charge in [0.2, 0.25) is 0 Å². The molecule has 4 aliphatic carbocycles. The van der Waals surface area contributed by atoms with E-state index in [9.17, 15) is 4.79 Å². The minimum absolute atomic E-state index is 0.0324. The van der Waals surface area contributed by atoms with Gasteiger partial charge in [-0.2, -0.15) is 0 Å². The maximum absolute atomic E-state index is 12.7. The zero-order valence-electron chi connectivity index (χ0n) is 23.6. The topological polar surface area (TPSA) is 26.3 Å². The molecule has 2 nitrogen and oxygen atoms in total. The highest BCUT2D eigenvalue weighted by atomic mass is 16.5. The largest absolute Gasteiger partial charge is 0.458 e. The molecule has 0 amide bonds. The molecule has 3 unspecified atom stereocenters. The van der Waals surface area contributed by atoms with Crippen LogP contribution in [0.15, 0.2) is 42.0 Å². The average molecular weight is 491 g/mol. The Labute approximate surface area is 220 Å². The van der Waals surface area contributed by atoms with Crippen molar-refractivity contribution in [1.82, 2.24) is 0 Å². The SMILES string of the molecule is CC(C)CCC[C@@H](C)[C@H]1CCC2C3CC=C4C[C@@H](OC(=O)c5ccccc5)CC[C@]4(C)C3CC[C@@]21C. The van der Waals surface area contributed by atoms with Crippen LogP contribution in [0.5, 0.6) is 0 Å². The second-order valence-electron chi connectivity index (χ2n) is 13.9. The van der Waals surface area contributed by atoms with Crippen molar-refractivity contribution < 1.29 is 9.53 Å². The molecule has 8 atom stereocenters. The molecule has 0 bridgehead atoms. The molecule has 3 fully saturated rings. The highest BCUT2D eigenvalue weighted by Crippen LogP contribution is 2.67. The maximum Gasteiger partial charge on any atom is 0.338 e. The van der Waals surface area contributed by atoms with Crippen molar-refractivity contribution in [3.8, 4) is 0 Å². The van der Waals surface area contributed by atoms with Gasteiger partial charge in [0.15, 0.2) is 0 Å². The van der Waals surface area contributed by atoms with Gasteiger partial charge in [0.25, 0.3) is 0 Å². The fraction of sp³-hybridized carbons (Fsp3) is 0.735. The first-order valence-corrected chi connectivity index (χ1v) is 15.2. The molecule has 0 aromatic heterocycles. The first-order chi connectivity index (χ1) is 17.2. The van der Waals surface area contributed by atoms with Crippen molar-refractivity contribution in [1.29, 1.82) is 0 Å². The summed E-state index contributed by atoms with van der Waals surface area (Å²) in [5, 5.41) is 0. The van der Waals surface area contributed by atoms with Crippen LogP contribution in [0.2, 0.25) is 0 Å². The Morgan fingerprint density at radius 3 is 2.50 bits per heavy atom. The number of hydrogen-bond donors (Lipinski definition) is 0. The molecule has 3 saturated carbocycles. The summed E-state index contributed by atoms with van der Waals surface area (Å²) in [5.74, 6) is 5.03. The lowest BCUT2D eigenvalue weighted by Crippen LogP contribution is -2.51. The van der Waals surface area contributed by atoms with Gasteiger partial charge in [-0.05, 0) is 103 Å². The number of rotatable bonds is 7. The third-order valence-corrected chi connectivity index (χ3v) is 11.5.